The number of fused-ring (bicyclic) bond motifs is 1. The number of rotatable bonds is 5. The van der Waals surface area contributed by atoms with Crippen LogP contribution in [0.25, 0.3) is 17.8 Å². The molecule has 5 rings (SSSR count). The van der Waals surface area contributed by atoms with Gasteiger partial charge in [0.1, 0.15) is 11.4 Å². The summed E-state index contributed by atoms with van der Waals surface area (Å²) in [4.78, 5) is 8.68. The number of imidazole rings is 1. The number of alkyl halides is 3. The Bertz CT molecular complexity index is 1440. The molecule has 1 unspecified atom stereocenters. The summed E-state index contributed by atoms with van der Waals surface area (Å²) >= 11 is 0. The van der Waals surface area contributed by atoms with E-state index >= 15 is 0 Å². The molecule has 2 aromatic carbocycles. The molecule has 0 amide bonds. The fourth-order valence-electron chi connectivity index (χ4n) is 4.57. The average Bonchev–Trinajstić information content (AvgIpc) is 3.49. The number of nitrogens with zero attached hydrogens (tertiary/aromatic N) is 5. The summed E-state index contributed by atoms with van der Waals surface area (Å²) in [5.74, 6) is 1.04. The third kappa shape index (κ3) is 4.28. The Morgan fingerprint density at radius 3 is 2.67 bits per heavy atom. The van der Waals surface area contributed by atoms with Crippen LogP contribution >= 0.6 is 0 Å². The molecule has 7 nitrogen and oxygen atoms in total. The van der Waals surface area contributed by atoms with Crippen LogP contribution in [0.3, 0.4) is 0 Å². The van der Waals surface area contributed by atoms with E-state index in [0.717, 1.165) is 23.0 Å². The molecule has 1 N–H and O–H groups in total. The van der Waals surface area contributed by atoms with Crippen molar-refractivity contribution in [2.75, 3.05) is 7.11 Å². The fraction of sp³-hybridized carbons (Fsp3) is 0.269. The topological polar surface area (TPSA) is 78.0 Å². The number of halogens is 3. The van der Waals surface area contributed by atoms with Crippen LogP contribution in [0.4, 0.5) is 13.2 Å². The zero-order valence-electron chi connectivity index (χ0n) is 19.7. The van der Waals surface area contributed by atoms with Crippen molar-refractivity contribution in [1.82, 2.24) is 24.3 Å². The second-order valence-electron chi connectivity index (χ2n) is 8.71. The number of aliphatic hydroxyl groups is 1. The van der Waals surface area contributed by atoms with Crippen molar-refractivity contribution < 1.29 is 23.0 Å². The van der Waals surface area contributed by atoms with Crippen molar-refractivity contribution in [3.63, 3.8) is 0 Å². The van der Waals surface area contributed by atoms with E-state index in [0.29, 0.717) is 24.5 Å². The lowest BCUT2D eigenvalue weighted by atomic mass is 9.83. The van der Waals surface area contributed by atoms with Gasteiger partial charge in [-0.2, -0.15) is 18.3 Å². The van der Waals surface area contributed by atoms with Gasteiger partial charge in [-0.15, -0.1) is 0 Å². The van der Waals surface area contributed by atoms with Crippen LogP contribution in [0.5, 0.6) is 5.75 Å². The molecule has 4 aromatic rings. The molecule has 1 atom stereocenters. The summed E-state index contributed by atoms with van der Waals surface area (Å²) in [6.07, 6.45) is 3.04. The molecular weight excluding hydrogens is 471 g/mol. The summed E-state index contributed by atoms with van der Waals surface area (Å²) in [6, 6.07) is 10.7. The van der Waals surface area contributed by atoms with E-state index in [4.69, 9.17) is 4.74 Å². The zero-order valence-corrected chi connectivity index (χ0v) is 19.7. The maximum atomic E-state index is 13.7. The molecule has 2 aromatic heterocycles. The van der Waals surface area contributed by atoms with Crippen molar-refractivity contribution in [3.8, 4) is 11.4 Å². The van der Waals surface area contributed by atoms with Crippen LogP contribution in [0.2, 0.25) is 0 Å². The van der Waals surface area contributed by atoms with Gasteiger partial charge in [-0.25, -0.2) is 14.6 Å². The highest BCUT2D eigenvalue weighted by Gasteiger charge is 2.45. The smallest absolute Gasteiger partial charge is 0.416 e. The third-order valence-corrected chi connectivity index (χ3v) is 6.26. The lowest BCUT2D eigenvalue weighted by Gasteiger charge is -2.33. The molecule has 36 heavy (non-hydrogen) atoms. The largest absolute Gasteiger partial charge is 0.495 e. The normalized spacial score (nSPS) is 17.9. The molecule has 0 saturated carbocycles. The zero-order chi connectivity index (χ0) is 25.5. The van der Waals surface area contributed by atoms with Gasteiger partial charge >= 0.3 is 6.18 Å². The number of ether oxygens (including phenoxy) is 1. The number of hydrogen-bond acceptors (Lipinski definition) is 5. The van der Waals surface area contributed by atoms with Crippen LogP contribution < -0.4 is 4.74 Å². The van der Waals surface area contributed by atoms with Crippen molar-refractivity contribution in [3.05, 3.63) is 89.0 Å². The van der Waals surface area contributed by atoms with Crippen LogP contribution in [0.15, 0.2) is 55.0 Å². The molecule has 1 aliphatic rings. The van der Waals surface area contributed by atoms with Crippen molar-refractivity contribution >= 4 is 12.2 Å². The molecule has 0 spiro atoms. The summed E-state index contributed by atoms with van der Waals surface area (Å²) in [5.41, 5.74) is -0.444. The van der Waals surface area contributed by atoms with E-state index < -0.39 is 17.3 Å². The molecule has 10 heteroatoms. The predicted octanol–water partition coefficient (Wildman–Crippen LogP) is 5.00. The Hall–Kier alpha value is -3.92. The Kier molecular flexibility index (Phi) is 5.91. The lowest BCUT2D eigenvalue weighted by molar-refractivity contribution is -0.140. The van der Waals surface area contributed by atoms with Crippen LogP contribution in [-0.2, 0) is 18.3 Å². The first-order valence-electron chi connectivity index (χ1n) is 11.4. The number of hydrogen-bond donors (Lipinski definition) is 1. The van der Waals surface area contributed by atoms with E-state index in [9.17, 15) is 18.3 Å². The number of benzene rings is 2. The monoisotopic (exact) mass is 495 g/mol. The first-order chi connectivity index (χ1) is 17.2. The molecule has 0 fully saturated rings. The van der Waals surface area contributed by atoms with E-state index in [1.807, 2.05) is 35.9 Å². The van der Waals surface area contributed by atoms with E-state index in [1.54, 1.807) is 25.6 Å². The second kappa shape index (κ2) is 8.94. The SMILES string of the molecule is COc1cc(/C=C/c2nc3n(n2)CCCC3(O)c2ccccc2C(F)(F)F)ccc1-n1cnc(C)c1. The van der Waals surface area contributed by atoms with Gasteiger partial charge in [0.2, 0.25) is 0 Å². The van der Waals surface area contributed by atoms with Gasteiger partial charge in [0, 0.05) is 18.3 Å². The van der Waals surface area contributed by atoms with Crippen LogP contribution in [0, 0.1) is 6.92 Å². The van der Waals surface area contributed by atoms with Crippen molar-refractivity contribution in [2.24, 2.45) is 0 Å². The van der Waals surface area contributed by atoms with Gasteiger partial charge in [-0.1, -0.05) is 30.3 Å². The quantitative estimate of drug-likeness (QED) is 0.422. The van der Waals surface area contributed by atoms with Gasteiger partial charge < -0.3 is 14.4 Å². The highest BCUT2D eigenvalue weighted by Crippen LogP contribution is 2.43. The minimum absolute atomic E-state index is 0.105. The molecule has 1 aliphatic heterocycles. The Labute approximate surface area is 205 Å². The maximum absolute atomic E-state index is 13.7. The van der Waals surface area contributed by atoms with Gasteiger partial charge in [0.05, 0.1) is 30.4 Å². The van der Waals surface area contributed by atoms with Crippen molar-refractivity contribution in [1.29, 1.82) is 0 Å². The molecule has 0 radical (unpaired) electrons. The Balaban J connectivity index is 1.47. The van der Waals surface area contributed by atoms with E-state index in [2.05, 4.69) is 15.1 Å². The average molecular weight is 496 g/mol. The standard InChI is InChI=1S/C26H24F3N5O2/c1-17-15-33(16-30-17)21-10-8-18(14-22(21)36-2)9-11-23-31-24-25(35,12-5-13-34(24)32-23)19-6-3-4-7-20(19)26(27,28)29/h3-4,6-11,14-16,35H,5,12-13H2,1-2H3/b11-9+. The van der Waals surface area contributed by atoms with Gasteiger partial charge in [0.15, 0.2) is 11.6 Å². The number of aromatic nitrogens is 5. The highest BCUT2D eigenvalue weighted by molar-refractivity contribution is 5.69. The molecule has 3 heterocycles. The van der Waals surface area contributed by atoms with Gasteiger partial charge in [0.25, 0.3) is 0 Å². The molecule has 0 aliphatic carbocycles. The first kappa shape index (κ1) is 23.8. The van der Waals surface area contributed by atoms with E-state index in [1.165, 1.54) is 22.9 Å². The van der Waals surface area contributed by atoms with Crippen LogP contribution in [0.1, 0.15) is 46.9 Å². The molecule has 0 saturated heterocycles. The lowest BCUT2D eigenvalue weighted by Crippen LogP contribution is -2.37. The molecule has 0 bridgehead atoms. The van der Waals surface area contributed by atoms with E-state index in [-0.39, 0.29) is 17.8 Å². The Morgan fingerprint density at radius 2 is 1.94 bits per heavy atom. The summed E-state index contributed by atoms with van der Waals surface area (Å²) < 4.78 is 49.9. The predicted molar refractivity (Wildman–Crippen MR) is 127 cm³/mol. The molecule has 186 valence electrons. The van der Waals surface area contributed by atoms with Gasteiger partial charge in [-0.05, 0) is 49.6 Å². The Morgan fingerprint density at radius 1 is 1.14 bits per heavy atom. The first-order valence-corrected chi connectivity index (χ1v) is 11.4. The fourth-order valence-corrected chi connectivity index (χ4v) is 4.57. The van der Waals surface area contributed by atoms with Crippen molar-refractivity contribution in [2.45, 2.75) is 38.1 Å². The summed E-state index contributed by atoms with van der Waals surface area (Å²) in [6.45, 7) is 2.36. The van der Waals surface area contributed by atoms with Crippen LogP contribution in [-0.4, -0.2) is 36.5 Å². The summed E-state index contributed by atoms with van der Waals surface area (Å²) in [7, 11) is 1.58. The molecular formula is C26H24F3N5O2. The number of aryl methyl sites for hydroxylation is 2. The minimum atomic E-state index is -4.60. The van der Waals surface area contributed by atoms with Gasteiger partial charge in [-0.3, -0.25) is 0 Å². The minimum Gasteiger partial charge on any atom is -0.495 e. The maximum Gasteiger partial charge on any atom is 0.416 e. The summed E-state index contributed by atoms with van der Waals surface area (Å²) in [5, 5.41) is 15.9. The number of methoxy groups -OCH3 is 1. The second-order valence-corrected chi connectivity index (χ2v) is 8.71. The highest BCUT2D eigenvalue weighted by atomic mass is 19.4. The third-order valence-electron chi connectivity index (χ3n) is 6.26.